The molecule has 0 saturated heterocycles. The van der Waals surface area contributed by atoms with Crippen LogP contribution in [0.2, 0.25) is 0 Å². The van der Waals surface area contributed by atoms with Crippen molar-refractivity contribution in [1.82, 2.24) is 0 Å². The summed E-state index contributed by atoms with van der Waals surface area (Å²) in [5.41, 5.74) is 0. The number of rotatable bonds is 74. The van der Waals surface area contributed by atoms with Crippen molar-refractivity contribution in [3.8, 4) is 0 Å². The van der Waals surface area contributed by atoms with Gasteiger partial charge in [-0.2, -0.15) is 0 Å². The monoisotopic (exact) mass is 1400 g/mol. The first-order valence-electron chi connectivity index (χ1n) is 39.4. The predicted molar refractivity (Wildman–Crippen MR) is 386 cm³/mol. The second kappa shape index (κ2) is 66.6. The minimum Gasteiger partial charge on any atom is -0.462 e. The van der Waals surface area contributed by atoms with Crippen LogP contribution in [0.3, 0.4) is 0 Å². The summed E-state index contributed by atoms with van der Waals surface area (Å²) in [4.78, 5) is 72.6. The third-order valence-electron chi connectivity index (χ3n) is 18.4. The predicted octanol–water partition coefficient (Wildman–Crippen LogP) is 22.2. The molecule has 7 atom stereocenters. The molecule has 95 heavy (non-hydrogen) atoms. The molecule has 0 aliphatic rings. The first kappa shape index (κ1) is 93.1. The summed E-state index contributed by atoms with van der Waals surface area (Å²) in [6.07, 6.45) is 52.9. The van der Waals surface area contributed by atoms with Crippen molar-refractivity contribution in [2.45, 2.75) is 407 Å². The first-order chi connectivity index (χ1) is 45.8. The summed E-state index contributed by atoms with van der Waals surface area (Å²) in [5.74, 6) is 0.287. The second-order valence-electron chi connectivity index (χ2n) is 28.4. The molecule has 0 saturated carbocycles. The van der Waals surface area contributed by atoms with Crippen molar-refractivity contribution in [3.05, 3.63) is 0 Å². The van der Waals surface area contributed by atoms with Gasteiger partial charge in [0.05, 0.1) is 26.4 Å². The van der Waals surface area contributed by atoms with Crippen LogP contribution >= 0.6 is 15.6 Å². The lowest BCUT2D eigenvalue weighted by atomic mass is 9.99. The van der Waals surface area contributed by atoms with Crippen molar-refractivity contribution >= 4 is 39.5 Å². The van der Waals surface area contributed by atoms with E-state index in [0.717, 1.165) is 120 Å². The van der Waals surface area contributed by atoms with Crippen LogP contribution < -0.4 is 0 Å². The normalized spacial score (nSPS) is 14.6. The molecule has 564 valence electrons. The van der Waals surface area contributed by atoms with Crippen LogP contribution in [-0.4, -0.2) is 96.7 Å². The zero-order valence-corrected chi connectivity index (χ0v) is 63.9. The lowest BCUT2D eigenvalue weighted by molar-refractivity contribution is -0.161. The highest BCUT2D eigenvalue weighted by Crippen LogP contribution is 2.45. The maximum atomic E-state index is 13.1. The number of hydrogen-bond donors (Lipinski definition) is 3. The topological polar surface area (TPSA) is 237 Å². The summed E-state index contributed by atoms with van der Waals surface area (Å²) in [6.45, 7) is 11.9. The van der Waals surface area contributed by atoms with E-state index in [2.05, 4.69) is 48.5 Å². The van der Waals surface area contributed by atoms with Crippen molar-refractivity contribution in [2.75, 3.05) is 39.6 Å². The van der Waals surface area contributed by atoms with E-state index >= 15 is 0 Å². The fourth-order valence-corrected chi connectivity index (χ4v) is 13.1. The number of carbonyl (C=O) groups is 4. The van der Waals surface area contributed by atoms with E-state index in [9.17, 15) is 43.2 Å². The quantitative estimate of drug-likeness (QED) is 0.0222. The number of ether oxygens (including phenoxy) is 4. The number of hydrogen-bond acceptors (Lipinski definition) is 15. The molecule has 0 aromatic rings. The molecule has 19 heteroatoms. The highest BCUT2D eigenvalue weighted by Gasteiger charge is 2.30. The molecular weight excluding hydrogens is 1250 g/mol. The Morgan fingerprint density at radius 1 is 0.305 bits per heavy atom. The minimum atomic E-state index is -4.96. The van der Waals surface area contributed by atoms with E-state index in [1.807, 2.05) is 0 Å². The van der Waals surface area contributed by atoms with E-state index in [4.69, 9.17) is 37.0 Å². The van der Waals surface area contributed by atoms with Gasteiger partial charge in [-0.25, -0.2) is 9.13 Å². The third-order valence-corrected chi connectivity index (χ3v) is 20.3. The van der Waals surface area contributed by atoms with Crippen molar-refractivity contribution < 1.29 is 80.2 Å². The fourth-order valence-electron chi connectivity index (χ4n) is 11.5. The molecule has 3 N–H and O–H groups in total. The average Bonchev–Trinajstić information content (AvgIpc) is 1.52. The molecule has 0 fully saturated rings. The molecule has 0 aliphatic heterocycles. The first-order valence-corrected chi connectivity index (χ1v) is 42.4. The number of aliphatic hydroxyl groups is 1. The van der Waals surface area contributed by atoms with Gasteiger partial charge in [0.25, 0.3) is 0 Å². The average molecular weight is 1400 g/mol. The minimum absolute atomic E-state index is 0.104. The molecule has 0 aromatic carbocycles. The van der Waals surface area contributed by atoms with Crippen LogP contribution in [0.15, 0.2) is 0 Å². The van der Waals surface area contributed by atoms with E-state index in [0.29, 0.717) is 25.7 Å². The van der Waals surface area contributed by atoms with Crippen molar-refractivity contribution in [1.29, 1.82) is 0 Å². The number of phosphoric acid groups is 2. The molecule has 0 radical (unpaired) electrons. The molecule has 17 nitrogen and oxygen atoms in total. The van der Waals surface area contributed by atoms with Gasteiger partial charge in [0.15, 0.2) is 12.2 Å². The van der Waals surface area contributed by atoms with E-state index in [-0.39, 0.29) is 25.7 Å². The number of carbonyl (C=O) groups excluding carboxylic acids is 4. The molecule has 0 heterocycles. The smallest absolute Gasteiger partial charge is 0.462 e. The van der Waals surface area contributed by atoms with Gasteiger partial charge < -0.3 is 33.8 Å². The summed E-state index contributed by atoms with van der Waals surface area (Å²) in [7, 11) is -9.91. The zero-order valence-electron chi connectivity index (χ0n) is 62.1. The van der Waals surface area contributed by atoms with Gasteiger partial charge in [-0.15, -0.1) is 0 Å². The van der Waals surface area contributed by atoms with Crippen LogP contribution in [0.4, 0.5) is 0 Å². The summed E-state index contributed by atoms with van der Waals surface area (Å²) >= 11 is 0. The lowest BCUT2D eigenvalue weighted by Gasteiger charge is -2.21. The van der Waals surface area contributed by atoms with Gasteiger partial charge in [-0.1, -0.05) is 337 Å². The van der Waals surface area contributed by atoms with Crippen LogP contribution in [0, 0.1) is 17.8 Å². The Morgan fingerprint density at radius 2 is 0.537 bits per heavy atom. The van der Waals surface area contributed by atoms with Gasteiger partial charge in [-0.3, -0.25) is 37.3 Å². The third kappa shape index (κ3) is 67.6. The largest absolute Gasteiger partial charge is 0.472 e. The maximum Gasteiger partial charge on any atom is 0.472 e. The Labute approximate surface area is 581 Å². The SMILES string of the molecule is CCCCCCCCCC(=O)OC[C@H](COP(=O)(O)OC[C@H](O)COP(=O)(O)OC[C@@H](COC(=O)CCCCCCCCCCCCCC(C)C)OC(=O)CCCCCCCCCCCCCCCCCCCCC(C)CC)OC(=O)CCCCCCCCCCC(C)CC. The van der Waals surface area contributed by atoms with Crippen LogP contribution in [-0.2, 0) is 65.4 Å². The lowest BCUT2D eigenvalue weighted by Crippen LogP contribution is -2.30. The van der Waals surface area contributed by atoms with Crippen LogP contribution in [0.1, 0.15) is 389 Å². The fraction of sp³-hybridized carbons (Fsp3) is 0.947. The molecule has 0 bridgehead atoms. The van der Waals surface area contributed by atoms with Crippen LogP contribution in [0.5, 0.6) is 0 Å². The number of aliphatic hydroxyl groups excluding tert-OH is 1. The number of unbranched alkanes of at least 4 members (excludes halogenated alkanes) is 40. The van der Waals surface area contributed by atoms with Crippen molar-refractivity contribution in [3.63, 3.8) is 0 Å². The van der Waals surface area contributed by atoms with Crippen LogP contribution in [0.25, 0.3) is 0 Å². The van der Waals surface area contributed by atoms with E-state index in [1.165, 1.54) is 186 Å². The second-order valence-corrected chi connectivity index (χ2v) is 31.3. The Hall–Kier alpha value is -1.94. The molecule has 0 rings (SSSR count). The highest BCUT2D eigenvalue weighted by molar-refractivity contribution is 7.47. The van der Waals surface area contributed by atoms with Gasteiger partial charge in [0, 0.05) is 25.7 Å². The molecule has 0 amide bonds. The number of esters is 4. The summed E-state index contributed by atoms with van der Waals surface area (Å²) < 4.78 is 68.4. The van der Waals surface area contributed by atoms with E-state index in [1.54, 1.807) is 0 Å². The Kier molecular flexibility index (Phi) is 65.2. The summed E-state index contributed by atoms with van der Waals surface area (Å²) in [5, 5.41) is 10.6. The molecule has 0 aromatic heterocycles. The molecular formula is C76H148O17P2. The van der Waals surface area contributed by atoms with Gasteiger partial charge >= 0.3 is 39.5 Å². The van der Waals surface area contributed by atoms with Gasteiger partial charge in [-0.05, 0) is 43.4 Å². The Bertz CT molecular complexity index is 1860. The Balaban J connectivity index is 5.16. The maximum absolute atomic E-state index is 13.1. The molecule has 0 spiro atoms. The summed E-state index contributed by atoms with van der Waals surface area (Å²) in [6, 6.07) is 0. The zero-order chi connectivity index (χ0) is 70.1. The molecule has 4 unspecified atom stereocenters. The Morgan fingerprint density at radius 3 is 0.800 bits per heavy atom. The van der Waals surface area contributed by atoms with Gasteiger partial charge in [0.2, 0.25) is 0 Å². The molecule has 0 aliphatic carbocycles. The van der Waals surface area contributed by atoms with E-state index < -0.39 is 97.5 Å². The van der Waals surface area contributed by atoms with Crippen molar-refractivity contribution in [2.24, 2.45) is 17.8 Å². The standard InChI is InChI=1S/C76H148O17P2/c1-8-11-12-13-33-43-50-57-73(78)86-63-71(93-76(81)60-53-46-39-32-31-36-42-49-56-69(7)10-3)65-90-94(82,83)88-61-70(77)62-89-95(84,85)91-66-72(64-87-74(79)58-51-44-37-29-26-22-23-27-34-40-47-54-67(4)5)92-75(80)59-52-45-38-30-25-21-19-17-15-14-16-18-20-24-28-35-41-48-55-68(6)9-2/h67-72,77H,8-66H2,1-7H3,(H,82,83)(H,84,85)/t68?,69?,70-,71+,72+/m0/s1. The number of phosphoric ester groups is 2. The van der Waals surface area contributed by atoms with Gasteiger partial charge in [0.1, 0.15) is 19.3 Å². The highest BCUT2D eigenvalue weighted by atomic mass is 31.2.